The van der Waals surface area contributed by atoms with Crippen LogP contribution in [0.25, 0.3) is 78.0 Å². The van der Waals surface area contributed by atoms with Crippen molar-refractivity contribution in [3.8, 4) is 78.0 Å². The molecule has 0 fully saturated rings. The average molecular weight is 796 g/mol. The van der Waals surface area contributed by atoms with Crippen molar-refractivity contribution in [1.29, 1.82) is 0 Å². The summed E-state index contributed by atoms with van der Waals surface area (Å²) in [7, 11) is 0. The van der Waals surface area contributed by atoms with Crippen LogP contribution in [0, 0.1) is 12.3 Å². The van der Waals surface area contributed by atoms with Crippen LogP contribution >= 0.6 is 0 Å². The van der Waals surface area contributed by atoms with Crippen molar-refractivity contribution < 1.29 is 9.90 Å². The molecule has 0 unspecified atom stereocenters. The van der Waals surface area contributed by atoms with Crippen LogP contribution in [0.1, 0.15) is 68.9 Å². The molecule has 0 amide bonds. The normalized spacial score (nSPS) is 14.7. The third-order valence-electron chi connectivity index (χ3n) is 14.0. The first-order valence-corrected chi connectivity index (χ1v) is 20.9. The zero-order chi connectivity index (χ0) is 42.7. The fourth-order valence-corrected chi connectivity index (χ4v) is 9.30. The monoisotopic (exact) mass is 795 g/mol. The molecule has 0 atom stereocenters. The van der Waals surface area contributed by atoms with E-state index in [1.807, 2.05) is 37.5 Å². The molecule has 61 heavy (non-hydrogen) atoms. The van der Waals surface area contributed by atoms with Gasteiger partial charge in [-0.1, -0.05) is 145 Å². The Morgan fingerprint density at radius 2 is 0.836 bits per heavy atom. The molecule has 8 aromatic rings. The van der Waals surface area contributed by atoms with Gasteiger partial charge in [0.1, 0.15) is 5.69 Å². The first-order chi connectivity index (χ1) is 29.2. The summed E-state index contributed by atoms with van der Waals surface area (Å²) in [4.78, 5) is 25.7. The van der Waals surface area contributed by atoms with Crippen LogP contribution in [0.5, 0.6) is 0 Å². The lowest BCUT2D eigenvalue weighted by molar-refractivity contribution is 0.0690. The maximum atomic E-state index is 11.7. The lowest BCUT2D eigenvalue weighted by atomic mass is 9.59. The summed E-state index contributed by atoms with van der Waals surface area (Å²) < 4.78 is 0. The van der Waals surface area contributed by atoms with Gasteiger partial charge in [0, 0.05) is 46.5 Å². The maximum absolute atomic E-state index is 11.7. The van der Waals surface area contributed by atoms with Crippen molar-refractivity contribution in [3.63, 3.8) is 0 Å². The Balaban J connectivity index is 1.17. The van der Waals surface area contributed by atoms with Gasteiger partial charge < -0.3 is 5.11 Å². The fourth-order valence-electron chi connectivity index (χ4n) is 9.30. The van der Waals surface area contributed by atoms with E-state index in [9.17, 15) is 9.90 Å². The van der Waals surface area contributed by atoms with Crippen LogP contribution in [0.2, 0.25) is 0 Å². The van der Waals surface area contributed by atoms with E-state index in [-0.39, 0.29) is 21.9 Å². The van der Waals surface area contributed by atoms with Gasteiger partial charge in [0.2, 0.25) is 0 Å². The van der Waals surface area contributed by atoms with Gasteiger partial charge >= 0.3 is 5.97 Å². The Morgan fingerprint density at radius 1 is 0.426 bits per heavy atom. The number of carbonyl (C=O) groups is 1. The first kappa shape index (κ1) is 39.5. The van der Waals surface area contributed by atoms with Crippen LogP contribution in [0.15, 0.2) is 164 Å². The molecular weight excluding hydrogens is 747 g/mol. The molecule has 3 aromatic heterocycles. The molecule has 0 radical (unpaired) electrons. The predicted molar refractivity (Wildman–Crippen MR) is 249 cm³/mol. The molecule has 0 aliphatic heterocycles. The number of hydrogen-bond donors (Lipinski definition) is 1. The molecular formula is C56H49N3O2. The molecule has 1 aliphatic rings. The van der Waals surface area contributed by atoms with Crippen molar-refractivity contribution in [2.24, 2.45) is 5.41 Å². The van der Waals surface area contributed by atoms with Crippen LogP contribution in [0.4, 0.5) is 0 Å². The first-order valence-electron chi connectivity index (χ1n) is 20.9. The van der Waals surface area contributed by atoms with Crippen LogP contribution < -0.4 is 0 Å². The van der Waals surface area contributed by atoms with Crippen molar-refractivity contribution in [3.05, 3.63) is 187 Å². The molecule has 300 valence electrons. The largest absolute Gasteiger partial charge is 0.477 e. The predicted octanol–water partition coefficient (Wildman–Crippen LogP) is 14.1. The molecule has 3 heterocycles. The number of carboxylic acid groups (broad SMARTS) is 1. The third-order valence-corrected chi connectivity index (χ3v) is 14.0. The summed E-state index contributed by atoms with van der Waals surface area (Å²) in [6, 6.07) is 50.9. The van der Waals surface area contributed by atoms with Gasteiger partial charge in [0.25, 0.3) is 0 Å². The Bertz CT molecular complexity index is 2960. The van der Waals surface area contributed by atoms with Crippen molar-refractivity contribution in [1.82, 2.24) is 15.0 Å². The SMILES string of the molecule is Cc1ccc(-c2ccccc2-c2cc(-c3ccccc3-c3ccc(C(=O)O)nc3)cc(-c3ccccc3-c3ccc(-c4ccc5c(c4)C(C)(C)C(C)(C)C5(C)C)nc3)c2)cn1. The number of pyridine rings is 3. The number of benzene rings is 5. The van der Waals surface area contributed by atoms with Crippen LogP contribution in [-0.4, -0.2) is 26.0 Å². The van der Waals surface area contributed by atoms with E-state index in [0.29, 0.717) is 0 Å². The molecule has 5 aromatic carbocycles. The minimum absolute atomic E-state index is 0.00797. The molecule has 5 nitrogen and oxygen atoms in total. The lowest BCUT2D eigenvalue weighted by Gasteiger charge is -2.44. The molecule has 0 saturated heterocycles. The van der Waals surface area contributed by atoms with Crippen molar-refractivity contribution >= 4 is 5.97 Å². The van der Waals surface area contributed by atoms with Crippen LogP contribution in [-0.2, 0) is 10.8 Å². The zero-order valence-electron chi connectivity index (χ0n) is 35.8. The van der Waals surface area contributed by atoms with E-state index in [4.69, 9.17) is 4.98 Å². The number of aryl methyl sites for hydroxylation is 1. The number of aromatic carboxylic acids is 1. The number of nitrogens with zero attached hydrogens (tertiary/aromatic N) is 3. The van der Waals surface area contributed by atoms with Gasteiger partial charge in [-0.05, 0) is 127 Å². The number of hydrogen-bond acceptors (Lipinski definition) is 4. The van der Waals surface area contributed by atoms with Crippen molar-refractivity contribution in [2.45, 2.75) is 59.3 Å². The molecule has 9 rings (SSSR count). The van der Waals surface area contributed by atoms with Gasteiger partial charge in [-0.2, -0.15) is 0 Å². The molecule has 0 saturated carbocycles. The zero-order valence-corrected chi connectivity index (χ0v) is 35.8. The second-order valence-electron chi connectivity index (χ2n) is 17.9. The standard InChI is InChI=1S/C56H49N3O2/c1-35-20-21-37(32-57-35)43-14-8-11-17-46(43)40-28-41(30-42(29-40)48-19-13-10-16-45(48)39-24-27-52(53(60)61)59-34-39)47-18-12-9-15-44(47)38-23-26-51(58-33-38)36-22-25-49-50(31-36)55(4,5)56(6,7)54(49,2)3/h8-34H,1-7H3,(H,60,61). The van der Waals surface area contributed by atoms with E-state index in [1.54, 1.807) is 12.3 Å². The van der Waals surface area contributed by atoms with Gasteiger partial charge in [-0.3, -0.25) is 9.97 Å². The van der Waals surface area contributed by atoms with E-state index < -0.39 is 5.97 Å². The summed E-state index contributed by atoms with van der Waals surface area (Å²) in [6.45, 7) is 16.3. The van der Waals surface area contributed by atoms with Crippen LogP contribution in [0.3, 0.4) is 0 Å². The minimum Gasteiger partial charge on any atom is -0.477 e. The van der Waals surface area contributed by atoms with E-state index in [2.05, 4.69) is 173 Å². The van der Waals surface area contributed by atoms with Crippen molar-refractivity contribution in [2.75, 3.05) is 0 Å². The second-order valence-corrected chi connectivity index (χ2v) is 17.9. The topological polar surface area (TPSA) is 76.0 Å². The lowest BCUT2D eigenvalue weighted by Crippen LogP contribution is -2.42. The van der Waals surface area contributed by atoms with Gasteiger partial charge in [-0.25, -0.2) is 9.78 Å². The van der Waals surface area contributed by atoms with Gasteiger partial charge in [0.15, 0.2) is 0 Å². The Morgan fingerprint density at radius 3 is 1.25 bits per heavy atom. The molecule has 5 heteroatoms. The highest BCUT2D eigenvalue weighted by molar-refractivity contribution is 5.94. The van der Waals surface area contributed by atoms with E-state index in [0.717, 1.165) is 83.7 Å². The highest BCUT2D eigenvalue weighted by Gasteiger charge is 2.56. The molecule has 1 aliphatic carbocycles. The van der Waals surface area contributed by atoms with E-state index in [1.165, 1.54) is 11.1 Å². The second kappa shape index (κ2) is 14.9. The smallest absolute Gasteiger partial charge is 0.354 e. The highest BCUT2D eigenvalue weighted by Crippen LogP contribution is 2.61. The average Bonchev–Trinajstić information content (AvgIpc) is 3.39. The quantitative estimate of drug-likeness (QED) is 0.166. The third kappa shape index (κ3) is 6.75. The molecule has 0 spiro atoms. The summed E-state index contributed by atoms with van der Waals surface area (Å²) in [5, 5.41) is 9.55. The Labute approximate surface area is 358 Å². The summed E-state index contributed by atoms with van der Waals surface area (Å²) >= 11 is 0. The summed E-state index contributed by atoms with van der Waals surface area (Å²) in [6.07, 6.45) is 5.59. The van der Waals surface area contributed by atoms with E-state index >= 15 is 0 Å². The highest BCUT2D eigenvalue weighted by atomic mass is 16.4. The Kier molecular flexibility index (Phi) is 9.66. The Hall–Kier alpha value is -6.98. The van der Waals surface area contributed by atoms with Gasteiger partial charge in [0.05, 0.1) is 5.69 Å². The number of rotatable bonds is 8. The number of fused-ring (bicyclic) bond motifs is 1. The molecule has 1 N–H and O–H groups in total. The fraction of sp³-hybridized carbons (Fsp3) is 0.179. The van der Waals surface area contributed by atoms with Gasteiger partial charge in [-0.15, -0.1) is 0 Å². The maximum Gasteiger partial charge on any atom is 0.354 e. The summed E-state index contributed by atoms with van der Waals surface area (Å²) in [5.74, 6) is -1.05. The molecule has 0 bridgehead atoms. The summed E-state index contributed by atoms with van der Waals surface area (Å²) in [5.41, 5.74) is 18.4. The number of aromatic nitrogens is 3. The minimum atomic E-state index is -1.05. The number of carboxylic acids is 1.